The number of methoxy groups -OCH3 is 1. The number of rotatable bonds is 9. The van der Waals surface area contributed by atoms with Gasteiger partial charge in [0.2, 0.25) is 0 Å². The van der Waals surface area contributed by atoms with Crippen molar-refractivity contribution in [1.82, 2.24) is 4.90 Å². The van der Waals surface area contributed by atoms with E-state index in [0.29, 0.717) is 34.7 Å². The maximum Gasteiger partial charge on any atom is 0.266 e. The molecule has 1 aliphatic heterocycles. The Balaban J connectivity index is 1.60. The highest BCUT2D eigenvalue weighted by Crippen LogP contribution is 2.38. The Bertz CT molecular complexity index is 1340. The summed E-state index contributed by atoms with van der Waals surface area (Å²) in [6.07, 6.45) is 1.84. The van der Waals surface area contributed by atoms with Crippen LogP contribution in [0.4, 0.5) is 10.1 Å². The maximum absolute atomic E-state index is 13.5. The molecule has 3 aromatic rings. The highest BCUT2D eigenvalue weighted by Gasteiger charge is 2.32. The molecule has 0 aliphatic carbocycles. The first kappa shape index (κ1) is 27.0. The number of likely N-dealkylation sites (N-methyl/N-ethyl adjacent to an activating group) is 1. The van der Waals surface area contributed by atoms with Crippen LogP contribution in [0.3, 0.4) is 0 Å². The van der Waals surface area contributed by atoms with Crippen molar-refractivity contribution in [3.8, 4) is 17.2 Å². The quantitative estimate of drug-likeness (QED) is 0.187. The zero-order chi connectivity index (χ0) is 26.4. The van der Waals surface area contributed by atoms with Crippen molar-refractivity contribution in [2.75, 3.05) is 20.3 Å². The lowest BCUT2D eigenvalue weighted by atomic mass is 10.1. The Morgan fingerprint density at radius 3 is 2.54 bits per heavy atom. The van der Waals surface area contributed by atoms with Gasteiger partial charge in [-0.1, -0.05) is 12.1 Å². The Labute approximate surface area is 233 Å². The molecule has 192 valence electrons. The normalized spacial score (nSPS) is 15.5. The number of nitrogens with zero attached hydrogens (tertiary/aromatic N) is 2. The molecule has 1 saturated heterocycles. The molecule has 1 aliphatic rings. The molecule has 1 fully saturated rings. The van der Waals surface area contributed by atoms with Gasteiger partial charge in [0.05, 0.1) is 27.9 Å². The van der Waals surface area contributed by atoms with Gasteiger partial charge in [0, 0.05) is 6.54 Å². The lowest BCUT2D eigenvalue weighted by Crippen LogP contribution is -2.28. The molecule has 1 heterocycles. The van der Waals surface area contributed by atoms with Crippen LogP contribution >= 0.6 is 34.4 Å². The van der Waals surface area contributed by atoms with Crippen LogP contribution in [-0.2, 0) is 11.4 Å². The molecule has 3 aromatic carbocycles. The SMILES string of the molecule is CCOc1cc(/C=C2/SC(=Nc3ccc(OC)cc3)N(CC)C2=O)cc(I)c1OCc1cccc(F)c1. The van der Waals surface area contributed by atoms with E-state index in [1.54, 1.807) is 18.1 Å². The molecular formula is C28H26FIN2O4S. The van der Waals surface area contributed by atoms with E-state index in [1.165, 1.54) is 23.9 Å². The summed E-state index contributed by atoms with van der Waals surface area (Å²) in [7, 11) is 1.61. The Hall–Kier alpha value is -3.05. The fraction of sp³-hybridized carbons (Fsp3) is 0.214. The second-order valence-electron chi connectivity index (χ2n) is 7.93. The molecule has 0 aromatic heterocycles. The van der Waals surface area contributed by atoms with Gasteiger partial charge in [-0.2, -0.15) is 0 Å². The molecule has 0 N–H and O–H groups in total. The first-order valence-electron chi connectivity index (χ1n) is 11.7. The number of halogens is 2. The smallest absolute Gasteiger partial charge is 0.266 e. The second-order valence-corrected chi connectivity index (χ2v) is 10.1. The number of benzene rings is 3. The first-order chi connectivity index (χ1) is 17.9. The highest BCUT2D eigenvalue weighted by atomic mass is 127. The van der Waals surface area contributed by atoms with E-state index in [4.69, 9.17) is 14.2 Å². The summed E-state index contributed by atoms with van der Waals surface area (Å²) in [5.41, 5.74) is 2.27. The molecule has 0 atom stereocenters. The Morgan fingerprint density at radius 1 is 1.08 bits per heavy atom. The number of aliphatic imine (C=N–C) groups is 1. The molecule has 0 saturated carbocycles. The van der Waals surface area contributed by atoms with E-state index in [1.807, 2.05) is 62.4 Å². The van der Waals surface area contributed by atoms with Crippen molar-refractivity contribution < 1.29 is 23.4 Å². The van der Waals surface area contributed by atoms with Gasteiger partial charge in [0.25, 0.3) is 5.91 Å². The predicted octanol–water partition coefficient (Wildman–Crippen LogP) is 7.04. The average molecular weight is 632 g/mol. The molecule has 1 amide bonds. The minimum absolute atomic E-state index is 0.0980. The van der Waals surface area contributed by atoms with Gasteiger partial charge >= 0.3 is 0 Å². The van der Waals surface area contributed by atoms with E-state index >= 15 is 0 Å². The number of amidine groups is 1. The summed E-state index contributed by atoms with van der Waals surface area (Å²) in [5.74, 6) is 1.48. The topological polar surface area (TPSA) is 60.4 Å². The number of hydrogen-bond acceptors (Lipinski definition) is 6. The molecule has 37 heavy (non-hydrogen) atoms. The zero-order valence-electron chi connectivity index (χ0n) is 20.7. The number of hydrogen-bond donors (Lipinski definition) is 0. The van der Waals surface area contributed by atoms with Crippen LogP contribution in [-0.4, -0.2) is 36.2 Å². The van der Waals surface area contributed by atoms with Crippen molar-refractivity contribution in [3.05, 3.63) is 86.1 Å². The van der Waals surface area contributed by atoms with Crippen LogP contribution < -0.4 is 14.2 Å². The van der Waals surface area contributed by atoms with Gasteiger partial charge < -0.3 is 14.2 Å². The summed E-state index contributed by atoms with van der Waals surface area (Å²) < 4.78 is 31.4. The molecule has 6 nitrogen and oxygen atoms in total. The van der Waals surface area contributed by atoms with Gasteiger partial charge in [-0.25, -0.2) is 9.38 Å². The maximum atomic E-state index is 13.5. The van der Waals surface area contributed by atoms with E-state index < -0.39 is 0 Å². The molecular weight excluding hydrogens is 606 g/mol. The third-order valence-electron chi connectivity index (χ3n) is 5.40. The summed E-state index contributed by atoms with van der Waals surface area (Å²) in [4.78, 5) is 20.0. The van der Waals surface area contributed by atoms with Crippen molar-refractivity contribution in [2.45, 2.75) is 20.5 Å². The molecule has 0 radical (unpaired) electrons. The largest absolute Gasteiger partial charge is 0.497 e. The van der Waals surface area contributed by atoms with Crippen LogP contribution in [0.15, 0.2) is 70.6 Å². The lowest BCUT2D eigenvalue weighted by Gasteiger charge is -2.15. The summed E-state index contributed by atoms with van der Waals surface area (Å²) >= 11 is 3.52. The minimum atomic E-state index is -0.308. The van der Waals surface area contributed by atoms with Crippen LogP contribution in [0.25, 0.3) is 6.08 Å². The third-order valence-corrected chi connectivity index (χ3v) is 7.21. The Morgan fingerprint density at radius 2 is 1.86 bits per heavy atom. The van der Waals surface area contributed by atoms with Gasteiger partial charge in [-0.05, 0) is 114 Å². The van der Waals surface area contributed by atoms with E-state index in [-0.39, 0.29) is 18.3 Å². The summed E-state index contributed by atoms with van der Waals surface area (Å²) in [5, 5.41) is 0.624. The van der Waals surface area contributed by atoms with Crippen molar-refractivity contribution >= 4 is 57.2 Å². The minimum Gasteiger partial charge on any atom is -0.497 e. The number of amides is 1. The average Bonchev–Trinajstić information content (AvgIpc) is 3.17. The summed E-state index contributed by atoms with van der Waals surface area (Å²) in [6.45, 7) is 4.98. The van der Waals surface area contributed by atoms with Crippen molar-refractivity contribution in [3.63, 3.8) is 0 Å². The number of carbonyl (C=O) groups is 1. The molecule has 0 spiro atoms. The van der Waals surface area contributed by atoms with Crippen molar-refractivity contribution in [2.24, 2.45) is 4.99 Å². The zero-order valence-corrected chi connectivity index (χ0v) is 23.6. The highest BCUT2D eigenvalue weighted by molar-refractivity contribution is 14.1. The first-order valence-corrected chi connectivity index (χ1v) is 13.6. The van der Waals surface area contributed by atoms with Gasteiger partial charge in [-0.3, -0.25) is 9.69 Å². The van der Waals surface area contributed by atoms with E-state index in [9.17, 15) is 9.18 Å². The van der Waals surface area contributed by atoms with Gasteiger partial charge in [0.15, 0.2) is 16.7 Å². The Kier molecular flexibility index (Phi) is 9.09. The molecule has 9 heteroatoms. The van der Waals surface area contributed by atoms with Crippen LogP contribution in [0.1, 0.15) is 25.0 Å². The second kappa shape index (κ2) is 12.5. The fourth-order valence-corrected chi connectivity index (χ4v) is 5.49. The standard InChI is InChI=1S/C28H26FIN2O4S/c1-4-32-27(33)25(37-28(32)31-21-9-11-22(34-3)12-10-21)16-19-14-23(30)26(24(15-19)35-5-2)36-17-18-7-6-8-20(29)13-18/h6-16H,4-5,17H2,1-3H3/b25-16+,31-28?. The molecule has 0 unspecified atom stereocenters. The monoisotopic (exact) mass is 632 g/mol. The fourth-order valence-electron chi connectivity index (χ4n) is 3.65. The van der Waals surface area contributed by atoms with E-state index in [2.05, 4.69) is 27.6 Å². The van der Waals surface area contributed by atoms with Crippen LogP contribution in [0, 0.1) is 9.39 Å². The van der Waals surface area contributed by atoms with Gasteiger partial charge in [-0.15, -0.1) is 0 Å². The summed E-state index contributed by atoms with van der Waals surface area (Å²) in [6, 6.07) is 17.5. The van der Waals surface area contributed by atoms with Crippen molar-refractivity contribution in [1.29, 1.82) is 0 Å². The molecule has 0 bridgehead atoms. The number of thioether (sulfide) groups is 1. The third kappa shape index (κ3) is 6.64. The molecule has 4 rings (SSSR count). The lowest BCUT2D eigenvalue weighted by molar-refractivity contribution is -0.122. The number of carbonyl (C=O) groups excluding carboxylic acids is 1. The number of ether oxygens (including phenoxy) is 3. The van der Waals surface area contributed by atoms with E-state index in [0.717, 1.165) is 26.1 Å². The van der Waals surface area contributed by atoms with Gasteiger partial charge in [0.1, 0.15) is 18.2 Å². The predicted molar refractivity (Wildman–Crippen MR) is 154 cm³/mol. The van der Waals surface area contributed by atoms with Crippen LogP contribution in [0.5, 0.6) is 17.2 Å². The van der Waals surface area contributed by atoms with Crippen LogP contribution in [0.2, 0.25) is 0 Å².